The summed E-state index contributed by atoms with van der Waals surface area (Å²) in [5, 5.41) is 3.71. The predicted molar refractivity (Wildman–Crippen MR) is 102 cm³/mol. The van der Waals surface area contributed by atoms with Gasteiger partial charge in [0.15, 0.2) is 6.61 Å². The van der Waals surface area contributed by atoms with Crippen molar-refractivity contribution < 1.29 is 23.9 Å². The van der Waals surface area contributed by atoms with E-state index in [1.54, 1.807) is 31.4 Å². The monoisotopic (exact) mass is 369 g/mol. The van der Waals surface area contributed by atoms with Gasteiger partial charge in [0.2, 0.25) is 12.4 Å². The molecule has 142 valence electrons. The number of ether oxygens (including phenoxy) is 2. The molecule has 0 spiro atoms. The zero-order valence-corrected chi connectivity index (χ0v) is 15.9. The molecule has 2 rings (SSSR count). The highest BCUT2D eigenvalue weighted by molar-refractivity contribution is 5.99. The van der Waals surface area contributed by atoms with Gasteiger partial charge in [0.25, 0.3) is 0 Å². The van der Waals surface area contributed by atoms with E-state index in [0.717, 1.165) is 28.0 Å². The lowest BCUT2D eigenvalue weighted by Crippen LogP contribution is -2.18. The number of benzene rings is 2. The molecule has 2 aromatic carbocycles. The first kappa shape index (κ1) is 20.2. The average Bonchev–Trinajstić information content (AvgIpc) is 2.66. The van der Waals surface area contributed by atoms with Crippen LogP contribution in [-0.4, -0.2) is 38.3 Å². The van der Waals surface area contributed by atoms with Crippen LogP contribution in [0.1, 0.15) is 32.6 Å². The molecule has 0 aliphatic heterocycles. The van der Waals surface area contributed by atoms with E-state index in [-0.39, 0.29) is 19.0 Å². The first-order chi connectivity index (χ1) is 12.9. The molecule has 6 heteroatoms. The van der Waals surface area contributed by atoms with Gasteiger partial charge in [0.1, 0.15) is 5.75 Å². The quantitative estimate of drug-likeness (QED) is 0.309. The largest absolute Gasteiger partial charge is 0.497 e. The van der Waals surface area contributed by atoms with Crippen LogP contribution in [0, 0.1) is 20.8 Å². The van der Waals surface area contributed by atoms with Crippen LogP contribution in [0.25, 0.3) is 0 Å². The molecule has 0 bridgehead atoms. The van der Waals surface area contributed by atoms with Crippen molar-refractivity contribution >= 4 is 18.0 Å². The van der Waals surface area contributed by atoms with Gasteiger partial charge in [-0.25, -0.2) is 4.79 Å². The number of ketones is 1. The second kappa shape index (κ2) is 9.52. The summed E-state index contributed by atoms with van der Waals surface area (Å²) in [6, 6.07) is 10.9. The van der Waals surface area contributed by atoms with Crippen LogP contribution >= 0.6 is 0 Å². The highest BCUT2D eigenvalue weighted by Crippen LogP contribution is 2.16. The van der Waals surface area contributed by atoms with Crippen molar-refractivity contribution in [1.29, 1.82) is 0 Å². The molecule has 2 aromatic rings. The number of carbonyl (C=O) groups is 2. The Kier molecular flexibility index (Phi) is 7.11. The second-order valence-corrected chi connectivity index (χ2v) is 6.12. The normalized spacial score (nSPS) is 10.7. The third kappa shape index (κ3) is 5.95. The summed E-state index contributed by atoms with van der Waals surface area (Å²) in [5.41, 5.74) is 4.35. The molecule has 0 aliphatic carbocycles. The molecule has 0 aromatic heterocycles. The van der Waals surface area contributed by atoms with E-state index >= 15 is 0 Å². The minimum atomic E-state index is -0.656. The molecular weight excluding hydrogens is 346 g/mol. The van der Waals surface area contributed by atoms with Crippen LogP contribution in [-0.2, 0) is 14.4 Å². The Morgan fingerprint density at radius 2 is 1.63 bits per heavy atom. The van der Waals surface area contributed by atoms with Gasteiger partial charge in [-0.3, -0.25) is 4.79 Å². The van der Waals surface area contributed by atoms with Crippen LogP contribution in [0.3, 0.4) is 0 Å². The minimum absolute atomic E-state index is 0.245. The average molecular weight is 369 g/mol. The predicted octanol–water partition coefficient (Wildman–Crippen LogP) is 3.40. The third-order valence-electron chi connectivity index (χ3n) is 4.08. The van der Waals surface area contributed by atoms with E-state index in [0.29, 0.717) is 5.56 Å². The minimum Gasteiger partial charge on any atom is -0.497 e. The molecule has 0 heterocycles. The lowest BCUT2D eigenvalue weighted by molar-refractivity contribution is -0.147. The Labute approximate surface area is 158 Å². The van der Waals surface area contributed by atoms with Crippen molar-refractivity contribution in [2.75, 3.05) is 20.3 Å². The summed E-state index contributed by atoms with van der Waals surface area (Å²) in [6.45, 7) is 5.09. The Bertz CT molecular complexity index is 840. The van der Waals surface area contributed by atoms with Crippen LogP contribution in [0.15, 0.2) is 41.6 Å². The van der Waals surface area contributed by atoms with Crippen molar-refractivity contribution in [3.05, 3.63) is 64.2 Å². The van der Waals surface area contributed by atoms with Crippen LogP contribution in [0.5, 0.6) is 5.75 Å². The lowest BCUT2D eigenvalue weighted by Gasteiger charge is -2.09. The highest BCUT2D eigenvalue weighted by atomic mass is 16.7. The molecule has 27 heavy (non-hydrogen) atoms. The second-order valence-electron chi connectivity index (χ2n) is 6.12. The van der Waals surface area contributed by atoms with E-state index in [9.17, 15) is 9.59 Å². The fraction of sp³-hybridized carbons (Fsp3) is 0.286. The number of oxime groups is 1. The van der Waals surface area contributed by atoms with Gasteiger partial charge in [-0.2, -0.15) is 0 Å². The molecule has 6 nitrogen and oxygen atoms in total. The van der Waals surface area contributed by atoms with E-state index in [2.05, 4.69) is 5.16 Å². The summed E-state index contributed by atoms with van der Waals surface area (Å²) in [6.07, 6.45) is 1.47. The molecule has 0 aliphatic rings. The number of aryl methyl sites for hydroxylation is 3. The third-order valence-corrected chi connectivity index (χ3v) is 4.08. The molecular formula is C21H23NO5. The fourth-order valence-electron chi connectivity index (χ4n) is 2.40. The standard InChI is InChI=1S/C21H23NO5/c1-14-9-16(3)19(10-15(14)2)20(23)12-26-21(24)13-27-22-11-17-5-7-18(25-4)8-6-17/h5-11H,12-13H2,1-4H3/b22-11-. The summed E-state index contributed by atoms with van der Waals surface area (Å²) in [5.74, 6) is -0.164. The van der Waals surface area contributed by atoms with E-state index in [1.165, 1.54) is 6.21 Å². The van der Waals surface area contributed by atoms with Crippen molar-refractivity contribution in [3.8, 4) is 5.75 Å². The molecule has 0 radical (unpaired) electrons. The first-order valence-electron chi connectivity index (χ1n) is 8.46. The van der Waals surface area contributed by atoms with Crippen molar-refractivity contribution in [3.63, 3.8) is 0 Å². The molecule has 0 unspecified atom stereocenters. The summed E-state index contributed by atoms with van der Waals surface area (Å²) < 4.78 is 10.0. The Hall–Kier alpha value is -3.15. The van der Waals surface area contributed by atoms with Crippen molar-refractivity contribution in [2.45, 2.75) is 20.8 Å². The number of hydrogen-bond acceptors (Lipinski definition) is 6. The maximum Gasteiger partial charge on any atom is 0.347 e. The Balaban J connectivity index is 1.78. The number of methoxy groups -OCH3 is 1. The maximum atomic E-state index is 12.2. The Morgan fingerprint density at radius 3 is 2.30 bits per heavy atom. The van der Waals surface area contributed by atoms with Crippen LogP contribution < -0.4 is 4.74 Å². The van der Waals surface area contributed by atoms with Crippen molar-refractivity contribution in [2.24, 2.45) is 5.16 Å². The SMILES string of the molecule is COc1ccc(/C=N\OCC(=O)OCC(=O)c2cc(C)c(C)cc2C)cc1. The number of esters is 1. The molecule has 0 fully saturated rings. The van der Waals surface area contributed by atoms with Gasteiger partial charge in [-0.1, -0.05) is 11.2 Å². The van der Waals surface area contributed by atoms with Gasteiger partial charge in [0, 0.05) is 5.56 Å². The maximum absolute atomic E-state index is 12.2. The Morgan fingerprint density at radius 1 is 0.963 bits per heavy atom. The van der Waals surface area contributed by atoms with Gasteiger partial charge < -0.3 is 14.3 Å². The topological polar surface area (TPSA) is 74.2 Å². The number of Topliss-reactive ketones (excluding diaryl/α,β-unsaturated/α-hetero) is 1. The van der Waals surface area contributed by atoms with E-state index in [1.807, 2.05) is 32.9 Å². The summed E-state index contributed by atoms with van der Waals surface area (Å²) in [7, 11) is 1.59. The van der Waals surface area contributed by atoms with Gasteiger partial charge in [0.05, 0.1) is 13.3 Å². The molecule has 0 saturated carbocycles. The number of rotatable bonds is 8. The highest BCUT2D eigenvalue weighted by Gasteiger charge is 2.13. The van der Waals surface area contributed by atoms with Gasteiger partial charge in [-0.15, -0.1) is 0 Å². The van der Waals surface area contributed by atoms with Crippen LogP contribution in [0.4, 0.5) is 0 Å². The smallest absolute Gasteiger partial charge is 0.347 e. The van der Waals surface area contributed by atoms with E-state index < -0.39 is 5.97 Å². The summed E-state index contributed by atoms with van der Waals surface area (Å²) >= 11 is 0. The fourth-order valence-corrected chi connectivity index (χ4v) is 2.40. The zero-order chi connectivity index (χ0) is 19.8. The van der Waals surface area contributed by atoms with Crippen molar-refractivity contribution in [1.82, 2.24) is 0 Å². The van der Waals surface area contributed by atoms with Crippen LogP contribution in [0.2, 0.25) is 0 Å². The summed E-state index contributed by atoms with van der Waals surface area (Å²) in [4.78, 5) is 28.8. The first-order valence-corrected chi connectivity index (χ1v) is 8.46. The number of hydrogen-bond donors (Lipinski definition) is 0. The molecule has 0 saturated heterocycles. The van der Waals surface area contributed by atoms with Gasteiger partial charge >= 0.3 is 5.97 Å². The number of carbonyl (C=O) groups excluding carboxylic acids is 2. The van der Waals surface area contributed by atoms with E-state index in [4.69, 9.17) is 14.3 Å². The molecule has 0 amide bonds. The molecule has 0 N–H and O–H groups in total. The van der Waals surface area contributed by atoms with Gasteiger partial charge in [-0.05, 0) is 73.4 Å². The zero-order valence-electron chi connectivity index (χ0n) is 15.9. The lowest BCUT2D eigenvalue weighted by atomic mass is 9.98. The molecule has 0 atom stereocenters. The number of nitrogens with zero attached hydrogens (tertiary/aromatic N) is 1.